The van der Waals surface area contributed by atoms with E-state index in [0.717, 1.165) is 50.0 Å². The van der Waals surface area contributed by atoms with Crippen molar-refractivity contribution in [2.75, 3.05) is 45.5 Å². The number of halogens is 1. The second kappa shape index (κ2) is 10.2. The van der Waals surface area contributed by atoms with Gasteiger partial charge in [0.05, 0.1) is 21.2 Å². The Morgan fingerprint density at radius 2 is 2.03 bits per heavy atom. The molecule has 3 heterocycles. The molecule has 2 fully saturated rings. The summed E-state index contributed by atoms with van der Waals surface area (Å²) in [7, 11) is -1.26. The van der Waals surface area contributed by atoms with Gasteiger partial charge >= 0.3 is 0 Å². The number of hydrogen-bond acceptors (Lipinski definition) is 6. The highest BCUT2D eigenvalue weighted by molar-refractivity contribution is 14.0. The molecular formula is C19H34IN5O2S2. The summed E-state index contributed by atoms with van der Waals surface area (Å²) < 4.78 is 23.7. The summed E-state index contributed by atoms with van der Waals surface area (Å²) in [6.07, 6.45) is 2.32. The fraction of sp³-hybridized carbons (Fsp3) is 0.789. The molecule has 29 heavy (non-hydrogen) atoms. The van der Waals surface area contributed by atoms with Crippen molar-refractivity contribution in [1.82, 2.24) is 20.1 Å². The second-order valence-corrected chi connectivity index (χ2v) is 12.3. The van der Waals surface area contributed by atoms with Gasteiger partial charge in [-0.2, -0.15) is 0 Å². The maximum Gasteiger partial charge on any atom is 0.193 e. The van der Waals surface area contributed by atoms with E-state index < -0.39 is 14.6 Å². The van der Waals surface area contributed by atoms with E-state index in [9.17, 15) is 8.42 Å². The van der Waals surface area contributed by atoms with E-state index in [1.165, 1.54) is 5.69 Å². The van der Waals surface area contributed by atoms with Crippen LogP contribution < -0.4 is 5.32 Å². The highest BCUT2D eigenvalue weighted by Crippen LogP contribution is 2.24. The van der Waals surface area contributed by atoms with Crippen molar-refractivity contribution >= 4 is 51.1 Å². The lowest BCUT2D eigenvalue weighted by Gasteiger charge is -2.39. The predicted molar refractivity (Wildman–Crippen MR) is 131 cm³/mol. The highest BCUT2D eigenvalue weighted by atomic mass is 127. The number of guanidine groups is 1. The molecule has 0 aromatic carbocycles. The molecule has 0 atom stereocenters. The van der Waals surface area contributed by atoms with Crippen molar-refractivity contribution in [1.29, 1.82) is 0 Å². The summed E-state index contributed by atoms with van der Waals surface area (Å²) in [5.74, 6) is 1.63. The van der Waals surface area contributed by atoms with Crippen LogP contribution in [0.2, 0.25) is 0 Å². The lowest BCUT2D eigenvalue weighted by atomic mass is 9.97. The van der Waals surface area contributed by atoms with Gasteiger partial charge in [-0.1, -0.05) is 0 Å². The number of nitrogens with zero attached hydrogens (tertiary/aromatic N) is 4. The first kappa shape index (κ1) is 24.8. The fourth-order valence-electron chi connectivity index (χ4n) is 3.95. The minimum Gasteiger partial charge on any atom is -0.356 e. The topological polar surface area (TPSA) is 77.9 Å². The molecule has 7 nitrogen and oxygen atoms in total. The molecule has 3 rings (SSSR count). The van der Waals surface area contributed by atoms with E-state index in [1.807, 2.05) is 0 Å². The van der Waals surface area contributed by atoms with Crippen molar-refractivity contribution in [3.63, 3.8) is 0 Å². The van der Waals surface area contributed by atoms with Crippen LogP contribution in [0.4, 0.5) is 0 Å². The van der Waals surface area contributed by atoms with Crippen LogP contribution in [0.3, 0.4) is 0 Å². The SMILES string of the molecule is CN=C(NCC1CCN(Cc2csc(C)n2)CC1)N1CCS(=O)(=O)C(C)(C)C1.I. The van der Waals surface area contributed by atoms with Crippen LogP contribution in [0.15, 0.2) is 10.4 Å². The largest absolute Gasteiger partial charge is 0.356 e. The molecule has 1 aromatic rings. The van der Waals surface area contributed by atoms with Crippen LogP contribution in [0.25, 0.3) is 0 Å². The van der Waals surface area contributed by atoms with Gasteiger partial charge in [-0.05, 0) is 52.6 Å². The Morgan fingerprint density at radius 3 is 2.59 bits per heavy atom. The van der Waals surface area contributed by atoms with Gasteiger partial charge in [0.1, 0.15) is 0 Å². The maximum atomic E-state index is 12.2. The van der Waals surface area contributed by atoms with E-state index in [1.54, 1.807) is 32.2 Å². The summed E-state index contributed by atoms with van der Waals surface area (Å²) in [5, 5.41) is 6.79. The molecule has 10 heteroatoms. The average molecular weight is 556 g/mol. The third kappa shape index (κ3) is 6.27. The number of hydrogen-bond donors (Lipinski definition) is 1. The zero-order chi connectivity index (χ0) is 20.4. The van der Waals surface area contributed by atoms with Crippen molar-refractivity contribution in [3.8, 4) is 0 Å². The first-order valence-corrected chi connectivity index (χ1v) is 12.5. The van der Waals surface area contributed by atoms with Crippen LogP contribution in [-0.4, -0.2) is 79.4 Å². The molecule has 1 aromatic heterocycles. The Labute approximate surface area is 196 Å². The van der Waals surface area contributed by atoms with E-state index in [0.29, 0.717) is 19.0 Å². The third-order valence-electron chi connectivity index (χ3n) is 5.86. The summed E-state index contributed by atoms with van der Waals surface area (Å²) in [6.45, 7) is 10.7. The van der Waals surface area contributed by atoms with E-state index >= 15 is 0 Å². The molecule has 2 aliphatic rings. The standard InChI is InChI=1S/C19H33N5O2S2.HI/c1-15-22-17(13-27-15)12-23-7-5-16(6-8-23)11-21-18(20-4)24-9-10-28(25,26)19(2,3)14-24;/h13,16H,5-12,14H2,1-4H3,(H,20,21);1H. The normalized spacial score (nSPS) is 22.9. The van der Waals surface area contributed by atoms with Gasteiger partial charge in [-0.3, -0.25) is 9.89 Å². The van der Waals surface area contributed by atoms with Gasteiger partial charge in [0.2, 0.25) is 0 Å². The van der Waals surface area contributed by atoms with Crippen LogP contribution in [0.1, 0.15) is 37.4 Å². The molecule has 0 spiro atoms. The minimum atomic E-state index is -3.04. The number of nitrogens with one attached hydrogen (secondary N) is 1. The van der Waals surface area contributed by atoms with Gasteiger partial charge in [-0.15, -0.1) is 35.3 Å². The van der Waals surface area contributed by atoms with Crippen molar-refractivity contribution in [2.24, 2.45) is 10.9 Å². The molecule has 0 bridgehead atoms. The lowest BCUT2D eigenvalue weighted by Crippen LogP contribution is -2.57. The molecule has 0 radical (unpaired) electrons. The van der Waals surface area contributed by atoms with Crippen molar-refractivity contribution in [3.05, 3.63) is 16.1 Å². The van der Waals surface area contributed by atoms with Crippen LogP contribution >= 0.6 is 35.3 Å². The van der Waals surface area contributed by atoms with Gasteiger partial charge in [0, 0.05) is 38.6 Å². The molecule has 0 unspecified atom stereocenters. The predicted octanol–water partition coefficient (Wildman–Crippen LogP) is 2.37. The Bertz CT molecular complexity index is 801. The first-order valence-electron chi connectivity index (χ1n) is 10.0. The third-order valence-corrected chi connectivity index (χ3v) is 9.22. The number of sulfone groups is 1. The Kier molecular flexibility index (Phi) is 8.75. The average Bonchev–Trinajstić information content (AvgIpc) is 3.04. The number of aryl methyl sites for hydroxylation is 1. The summed E-state index contributed by atoms with van der Waals surface area (Å²) >= 11 is 1.72. The number of rotatable bonds is 4. The summed E-state index contributed by atoms with van der Waals surface area (Å²) in [4.78, 5) is 13.5. The smallest absolute Gasteiger partial charge is 0.193 e. The van der Waals surface area contributed by atoms with E-state index in [-0.39, 0.29) is 29.7 Å². The van der Waals surface area contributed by atoms with Gasteiger partial charge < -0.3 is 10.2 Å². The first-order chi connectivity index (χ1) is 13.2. The van der Waals surface area contributed by atoms with E-state index in [4.69, 9.17) is 0 Å². The highest BCUT2D eigenvalue weighted by Gasteiger charge is 2.41. The number of likely N-dealkylation sites (tertiary alicyclic amines) is 1. The van der Waals surface area contributed by atoms with Gasteiger partial charge in [0.15, 0.2) is 15.8 Å². The molecule has 0 aliphatic carbocycles. The fourth-order valence-corrected chi connectivity index (χ4v) is 5.92. The zero-order valence-electron chi connectivity index (χ0n) is 17.8. The quantitative estimate of drug-likeness (QED) is 0.349. The van der Waals surface area contributed by atoms with Crippen LogP contribution in [0, 0.1) is 12.8 Å². The number of aromatic nitrogens is 1. The van der Waals surface area contributed by atoms with Crippen LogP contribution in [-0.2, 0) is 16.4 Å². The molecule has 0 saturated carbocycles. The van der Waals surface area contributed by atoms with Crippen LogP contribution in [0.5, 0.6) is 0 Å². The number of aliphatic imine (C=N–C) groups is 1. The van der Waals surface area contributed by atoms with Gasteiger partial charge in [-0.25, -0.2) is 13.4 Å². The molecule has 166 valence electrons. The van der Waals surface area contributed by atoms with Crippen molar-refractivity contribution < 1.29 is 8.42 Å². The summed E-state index contributed by atoms with van der Waals surface area (Å²) in [5.41, 5.74) is 1.18. The Morgan fingerprint density at radius 1 is 1.34 bits per heavy atom. The Hall–Kier alpha value is -0.460. The lowest BCUT2D eigenvalue weighted by molar-refractivity contribution is 0.176. The second-order valence-electron chi connectivity index (χ2n) is 8.51. The molecule has 2 aliphatic heterocycles. The molecule has 1 N–H and O–H groups in total. The Balaban J connectivity index is 0.00000300. The maximum absolute atomic E-state index is 12.2. The molecule has 2 saturated heterocycles. The monoisotopic (exact) mass is 555 g/mol. The number of thiazole rings is 1. The van der Waals surface area contributed by atoms with E-state index in [2.05, 4.69) is 37.4 Å². The minimum absolute atomic E-state index is 0. The number of piperidine rings is 1. The van der Waals surface area contributed by atoms with Crippen molar-refractivity contribution in [2.45, 2.75) is 44.9 Å². The molecular weight excluding hydrogens is 521 g/mol. The zero-order valence-corrected chi connectivity index (χ0v) is 21.8. The molecule has 0 amide bonds. The van der Waals surface area contributed by atoms with Gasteiger partial charge in [0.25, 0.3) is 0 Å². The summed E-state index contributed by atoms with van der Waals surface area (Å²) in [6, 6.07) is 0.